The fraction of sp³-hybridized carbons (Fsp3) is 1.00. The van der Waals surface area contributed by atoms with Crippen LogP contribution in [-0.4, -0.2) is 11.1 Å². The minimum absolute atomic E-state index is 0.946. The van der Waals surface area contributed by atoms with E-state index in [4.69, 9.17) is 0 Å². The summed E-state index contributed by atoms with van der Waals surface area (Å²) in [7, 11) is 2.55. The van der Waals surface area contributed by atoms with Crippen LogP contribution in [0.3, 0.4) is 0 Å². The highest BCUT2D eigenvalue weighted by molar-refractivity contribution is 7.99. The average Bonchev–Trinajstić information content (AvgIpc) is 2.03. The Hall–Kier alpha value is 0.740. The predicted molar refractivity (Wildman–Crippen MR) is 52.2 cm³/mol. The Morgan fingerprint density at radius 3 is 2.60 bits per heavy atom. The molecule has 0 saturated heterocycles. The van der Waals surface area contributed by atoms with Gasteiger partial charge in [-0.05, 0) is 12.8 Å². The van der Waals surface area contributed by atoms with Crippen LogP contribution in [-0.2, 0) is 0 Å². The lowest BCUT2D eigenvalue weighted by molar-refractivity contribution is 0.516. The van der Waals surface area contributed by atoms with Gasteiger partial charge in [0.1, 0.15) is 0 Å². The second-order valence-electron chi connectivity index (χ2n) is 2.78. The van der Waals surface area contributed by atoms with E-state index in [0.717, 1.165) is 11.1 Å². The van der Waals surface area contributed by atoms with Crippen molar-refractivity contribution in [1.29, 1.82) is 0 Å². The number of hydrogen-bond donors (Lipinski definition) is 1. The molecule has 0 aromatic heterocycles. The van der Waals surface area contributed by atoms with Crippen LogP contribution in [0.2, 0.25) is 0 Å². The number of rotatable bonds is 3. The van der Waals surface area contributed by atoms with Crippen LogP contribution in [0.5, 0.6) is 0 Å². The van der Waals surface area contributed by atoms with Gasteiger partial charge in [0.05, 0.1) is 0 Å². The molecule has 1 saturated carbocycles. The van der Waals surface area contributed by atoms with Crippen molar-refractivity contribution in [1.82, 2.24) is 5.09 Å². The fourth-order valence-corrected chi connectivity index (χ4v) is 2.69. The van der Waals surface area contributed by atoms with Crippen molar-refractivity contribution in [3.05, 3.63) is 0 Å². The smallest absolute Gasteiger partial charge is 0.0450 e. The lowest BCUT2D eigenvalue weighted by Gasteiger charge is -2.20. The molecule has 0 aromatic rings. The molecular formula is C7H16NPS. The van der Waals surface area contributed by atoms with Crippen LogP contribution in [0.25, 0.3) is 0 Å². The Morgan fingerprint density at radius 1 is 1.30 bits per heavy atom. The van der Waals surface area contributed by atoms with Gasteiger partial charge in [-0.15, -0.1) is 11.8 Å². The summed E-state index contributed by atoms with van der Waals surface area (Å²) in [6.45, 7) is 0. The first-order valence-corrected chi connectivity index (χ1v) is 5.61. The Bertz CT molecular complexity index is 83.7. The molecule has 1 nitrogen and oxygen atoms in total. The third kappa shape index (κ3) is 3.23. The van der Waals surface area contributed by atoms with E-state index in [0.29, 0.717) is 0 Å². The standard InChI is InChI=1S/C7H16NPS/c9-8-6-10-7-4-2-1-3-5-7/h7-8H,1-6,9H2. The molecule has 1 aliphatic carbocycles. The molecule has 1 atom stereocenters. The Morgan fingerprint density at radius 2 is 2.00 bits per heavy atom. The summed E-state index contributed by atoms with van der Waals surface area (Å²) in [6, 6.07) is 0. The fourth-order valence-electron chi connectivity index (χ4n) is 1.40. The zero-order valence-corrected chi connectivity index (χ0v) is 8.28. The minimum Gasteiger partial charge on any atom is -0.291 e. The number of thioether (sulfide) groups is 1. The van der Waals surface area contributed by atoms with Gasteiger partial charge in [-0.2, -0.15) is 0 Å². The number of nitrogens with one attached hydrogen (secondary N) is 1. The van der Waals surface area contributed by atoms with E-state index in [1.54, 1.807) is 0 Å². The van der Waals surface area contributed by atoms with Gasteiger partial charge in [-0.25, -0.2) is 0 Å². The summed E-state index contributed by atoms with van der Waals surface area (Å²) in [5.74, 6) is 1.09. The first-order chi connectivity index (χ1) is 4.93. The van der Waals surface area contributed by atoms with Crippen LogP contribution in [0.4, 0.5) is 0 Å². The summed E-state index contributed by atoms with van der Waals surface area (Å²) in [4.78, 5) is 0. The SMILES string of the molecule is PNCSC1CCCCC1. The van der Waals surface area contributed by atoms with Crippen LogP contribution < -0.4 is 5.09 Å². The van der Waals surface area contributed by atoms with Crippen molar-refractivity contribution in [2.45, 2.75) is 37.4 Å². The van der Waals surface area contributed by atoms with Crippen molar-refractivity contribution < 1.29 is 0 Å². The molecule has 0 heterocycles. The molecule has 3 heteroatoms. The highest BCUT2D eigenvalue weighted by atomic mass is 32.2. The van der Waals surface area contributed by atoms with Crippen LogP contribution in [0, 0.1) is 0 Å². The van der Waals surface area contributed by atoms with E-state index < -0.39 is 0 Å². The van der Waals surface area contributed by atoms with Crippen molar-refractivity contribution in [2.24, 2.45) is 0 Å². The zero-order chi connectivity index (χ0) is 7.23. The third-order valence-corrected chi connectivity index (χ3v) is 3.73. The maximum Gasteiger partial charge on any atom is 0.0450 e. The van der Waals surface area contributed by atoms with E-state index in [1.807, 2.05) is 0 Å². The molecule has 10 heavy (non-hydrogen) atoms. The van der Waals surface area contributed by atoms with Crippen LogP contribution in [0.1, 0.15) is 32.1 Å². The van der Waals surface area contributed by atoms with Gasteiger partial charge in [0.15, 0.2) is 0 Å². The van der Waals surface area contributed by atoms with Crippen molar-refractivity contribution in [3.8, 4) is 0 Å². The molecule has 0 amide bonds. The molecule has 60 valence electrons. The van der Waals surface area contributed by atoms with Crippen LogP contribution >= 0.6 is 21.2 Å². The molecule has 0 aliphatic heterocycles. The lowest BCUT2D eigenvalue weighted by Crippen LogP contribution is -2.11. The van der Waals surface area contributed by atoms with Gasteiger partial charge in [-0.1, -0.05) is 28.7 Å². The maximum atomic E-state index is 3.09. The van der Waals surface area contributed by atoms with Gasteiger partial charge in [-0.3, -0.25) is 5.09 Å². The maximum absolute atomic E-state index is 3.09. The molecule has 1 aliphatic rings. The molecule has 1 rings (SSSR count). The molecule has 0 bridgehead atoms. The molecule has 0 spiro atoms. The lowest BCUT2D eigenvalue weighted by atomic mass is 10.0. The van der Waals surface area contributed by atoms with E-state index in [1.165, 1.54) is 32.1 Å². The topological polar surface area (TPSA) is 12.0 Å². The molecular weight excluding hydrogens is 161 g/mol. The van der Waals surface area contributed by atoms with Crippen LogP contribution in [0.15, 0.2) is 0 Å². The molecule has 0 aromatic carbocycles. The van der Waals surface area contributed by atoms with Gasteiger partial charge in [0, 0.05) is 11.1 Å². The summed E-state index contributed by atoms with van der Waals surface area (Å²) in [5, 5.41) is 4.04. The second kappa shape index (κ2) is 5.40. The normalized spacial score (nSPS) is 21.3. The summed E-state index contributed by atoms with van der Waals surface area (Å²) < 4.78 is 0. The highest BCUT2D eigenvalue weighted by Crippen LogP contribution is 2.27. The summed E-state index contributed by atoms with van der Waals surface area (Å²) in [5.41, 5.74) is 0. The predicted octanol–water partition coefficient (Wildman–Crippen LogP) is 2.39. The number of hydrogen-bond acceptors (Lipinski definition) is 2. The molecule has 1 N–H and O–H groups in total. The molecule has 1 unspecified atom stereocenters. The first kappa shape index (κ1) is 8.83. The Kier molecular flexibility index (Phi) is 4.77. The van der Waals surface area contributed by atoms with Crippen molar-refractivity contribution >= 4 is 21.2 Å². The monoisotopic (exact) mass is 177 g/mol. The van der Waals surface area contributed by atoms with E-state index in [9.17, 15) is 0 Å². The molecule has 1 fully saturated rings. The van der Waals surface area contributed by atoms with Crippen molar-refractivity contribution in [2.75, 3.05) is 5.88 Å². The summed E-state index contributed by atoms with van der Waals surface area (Å²) in [6.07, 6.45) is 7.25. The quantitative estimate of drug-likeness (QED) is 0.524. The van der Waals surface area contributed by atoms with E-state index >= 15 is 0 Å². The first-order valence-electron chi connectivity index (χ1n) is 3.98. The largest absolute Gasteiger partial charge is 0.291 e. The van der Waals surface area contributed by atoms with Gasteiger partial charge >= 0.3 is 0 Å². The second-order valence-corrected chi connectivity index (χ2v) is 4.47. The third-order valence-electron chi connectivity index (χ3n) is 1.95. The average molecular weight is 177 g/mol. The van der Waals surface area contributed by atoms with E-state index in [-0.39, 0.29) is 0 Å². The zero-order valence-electron chi connectivity index (χ0n) is 6.31. The van der Waals surface area contributed by atoms with Gasteiger partial charge in [0.25, 0.3) is 0 Å². The Labute approximate surface area is 70.0 Å². The van der Waals surface area contributed by atoms with Gasteiger partial charge in [0.2, 0.25) is 0 Å². The highest BCUT2D eigenvalue weighted by Gasteiger charge is 2.12. The summed E-state index contributed by atoms with van der Waals surface area (Å²) >= 11 is 2.07. The van der Waals surface area contributed by atoms with Crippen molar-refractivity contribution in [3.63, 3.8) is 0 Å². The molecule has 0 radical (unpaired) electrons. The van der Waals surface area contributed by atoms with E-state index in [2.05, 4.69) is 26.2 Å². The minimum atomic E-state index is 0.946. The van der Waals surface area contributed by atoms with Gasteiger partial charge < -0.3 is 0 Å². The Balaban J connectivity index is 2.02.